The molecule has 1 unspecified atom stereocenters. The molecule has 1 aromatic heterocycles. The zero-order valence-corrected chi connectivity index (χ0v) is 19.2. The zero-order valence-electron chi connectivity index (χ0n) is 17.6. The van der Waals surface area contributed by atoms with Gasteiger partial charge in [0.15, 0.2) is 14.8 Å². The first-order valence-corrected chi connectivity index (χ1v) is 12.1. The molecule has 0 spiro atoms. The lowest BCUT2D eigenvalue weighted by Gasteiger charge is -2.21. The molecule has 12 heteroatoms. The third kappa shape index (κ3) is 7.89. The summed E-state index contributed by atoms with van der Waals surface area (Å²) in [5.41, 5.74) is 2.22. The van der Waals surface area contributed by atoms with Gasteiger partial charge < -0.3 is 9.84 Å². The molecule has 1 aromatic carbocycles. The van der Waals surface area contributed by atoms with Crippen molar-refractivity contribution in [1.29, 1.82) is 0 Å². The fraction of sp³-hybridized carbons (Fsp3) is 0.474. The number of rotatable bonds is 7. The van der Waals surface area contributed by atoms with Crippen LogP contribution in [0.2, 0.25) is 0 Å². The maximum absolute atomic E-state index is 12.2. The molecule has 1 amide bonds. The number of anilines is 1. The van der Waals surface area contributed by atoms with E-state index in [1.54, 1.807) is 11.9 Å². The van der Waals surface area contributed by atoms with Crippen LogP contribution in [0.3, 0.4) is 0 Å². The fourth-order valence-corrected chi connectivity index (χ4v) is 5.58. The van der Waals surface area contributed by atoms with Crippen molar-refractivity contribution in [3.8, 4) is 5.75 Å². The van der Waals surface area contributed by atoms with Gasteiger partial charge in [0, 0.05) is 6.04 Å². The van der Waals surface area contributed by atoms with Gasteiger partial charge in [-0.1, -0.05) is 29.0 Å². The highest BCUT2D eigenvalue weighted by Crippen LogP contribution is 2.22. The van der Waals surface area contributed by atoms with Gasteiger partial charge >= 0.3 is 0 Å². The van der Waals surface area contributed by atoms with Gasteiger partial charge in [-0.05, 0) is 38.9 Å². The Labute approximate surface area is 185 Å². The second-order valence-electron chi connectivity index (χ2n) is 7.18. The Hall–Kier alpha value is -2.57. The van der Waals surface area contributed by atoms with E-state index in [-0.39, 0.29) is 43.1 Å². The molecule has 10 nitrogen and oxygen atoms in total. The summed E-state index contributed by atoms with van der Waals surface area (Å²) in [6.07, 6.45) is 0.560. The summed E-state index contributed by atoms with van der Waals surface area (Å²) in [5, 5.41) is 18.7. The Kier molecular flexibility index (Phi) is 8.89. The maximum Gasteiger partial charge on any atom is 0.290 e. The lowest BCUT2D eigenvalue weighted by atomic mass is 10.1. The number of hydrogen-bond donors (Lipinski definition) is 2. The van der Waals surface area contributed by atoms with Crippen LogP contribution in [0.1, 0.15) is 22.6 Å². The molecule has 1 aliphatic heterocycles. The zero-order chi connectivity index (χ0) is 23.0. The Morgan fingerprint density at radius 3 is 2.71 bits per heavy atom. The van der Waals surface area contributed by atoms with Crippen LogP contribution in [0.5, 0.6) is 5.75 Å². The molecule has 2 N–H and O–H groups in total. The Bertz CT molecular complexity index is 1010. The first kappa shape index (κ1) is 24.7. The average molecular weight is 471 g/mol. The third-order valence-electron chi connectivity index (χ3n) is 4.62. The van der Waals surface area contributed by atoms with E-state index in [9.17, 15) is 13.2 Å². The Morgan fingerprint density at radius 1 is 1.39 bits per heavy atom. The van der Waals surface area contributed by atoms with E-state index >= 15 is 0 Å². The van der Waals surface area contributed by atoms with Gasteiger partial charge in [-0.3, -0.25) is 19.8 Å². The van der Waals surface area contributed by atoms with Gasteiger partial charge in [0.05, 0.1) is 18.1 Å². The number of carboxylic acid groups (broad SMARTS) is 1. The van der Waals surface area contributed by atoms with Crippen molar-refractivity contribution in [3.63, 3.8) is 0 Å². The minimum Gasteiger partial charge on any atom is -0.486 e. The maximum atomic E-state index is 12.2. The highest BCUT2D eigenvalue weighted by Gasteiger charge is 2.31. The van der Waals surface area contributed by atoms with E-state index < -0.39 is 9.84 Å². The van der Waals surface area contributed by atoms with Crippen LogP contribution in [0, 0.1) is 13.8 Å². The van der Waals surface area contributed by atoms with Crippen LogP contribution in [0.4, 0.5) is 5.13 Å². The van der Waals surface area contributed by atoms with Gasteiger partial charge in [-0.2, -0.15) is 0 Å². The van der Waals surface area contributed by atoms with E-state index in [2.05, 4.69) is 15.5 Å². The first-order chi connectivity index (χ1) is 14.6. The van der Waals surface area contributed by atoms with Crippen LogP contribution in [-0.2, 0) is 26.0 Å². The summed E-state index contributed by atoms with van der Waals surface area (Å²) in [6, 6.07) is 5.84. The van der Waals surface area contributed by atoms with E-state index in [1.165, 1.54) is 16.9 Å². The molecule has 1 saturated heterocycles. The largest absolute Gasteiger partial charge is 0.486 e. The van der Waals surface area contributed by atoms with E-state index in [4.69, 9.17) is 14.6 Å². The molecule has 3 rings (SSSR count). The first-order valence-electron chi connectivity index (χ1n) is 9.44. The normalized spacial score (nSPS) is 17.0. The molecular weight excluding hydrogens is 444 g/mol. The molecule has 31 heavy (non-hydrogen) atoms. The van der Waals surface area contributed by atoms with Crippen LogP contribution in [0.25, 0.3) is 0 Å². The van der Waals surface area contributed by atoms with Crippen LogP contribution >= 0.6 is 11.3 Å². The Morgan fingerprint density at radius 2 is 2.10 bits per heavy atom. The van der Waals surface area contributed by atoms with Crippen molar-refractivity contribution in [2.24, 2.45) is 0 Å². The summed E-state index contributed by atoms with van der Waals surface area (Å²) in [5.74, 6) is 0.837. The number of aromatic nitrogens is 2. The minimum atomic E-state index is -2.97. The Balaban J connectivity index is 0.00000107. The quantitative estimate of drug-likeness (QED) is 0.576. The number of sulfone groups is 1. The summed E-state index contributed by atoms with van der Waals surface area (Å²) in [4.78, 5) is 22.3. The monoisotopic (exact) mass is 470 g/mol. The van der Waals surface area contributed by atoms with E-state index in [0.29, 0.717) is 16.6 Å². The second kappa shape index (κ2) is 11.2. The third-order valence-corrected chi connectivity index (χ3v) is 7.18. The smallest absolute Gasteiger partial charge is 0.290 e. The van der Waals surface area contributed by atoms with Gasteiger partial charge in [0.1, 0.15) is 12.4 Å². The lowest BCUT2D eigenvalue weighted by molar-refractivity contribution is -0.123. The molecule has 1 fully saturated rings. The highest BCUT2D eigenvalue weighted by molar-refractivity contribution is 7.91. The number of aryl methyl sites for hydroxylation is 2. The fourth-order valence-electron chi connectivity index (χ4n) is 3.10. The number of carbonyl (C=O) groups is 2. The van der Waals surface area contributed by atoms with Crippen molar-refractivity contribution in [2.45, 2.75) is 32.9 Å². The van der Waals surface area contributed by atoms with Crippen molar-refractivity contribution in [2.75, 3.05) is 30.4 Å². The minimum absolute atomic E-state index is 0.105. The molecule has 2 heterocycles. The van der Waals surface area contributed by atoms with Gasteiger partial charge in [-0.15, -0.1) is 10.2 Å². The molecule has 0 bridgehead atoms. The number of benzene rings is 1. The molecule has 170 valence electrons. The SMILES string of the molecule is Cc1ccc(OCc2nnc(NC(=O)CN(C)C3CCS(=O)(=O)C3)s2)c(C)c1.O=CO. The number of ether oxygens (including phenoxy) is 1. The number of amides is 1. The molecule has 0 saturated carbocycles. The van der Waals surface area contributed by atoms with E-state index in [0.717, 1.165) is 11.3 Å². The molecule has 0 radical (unpaired) electrons. The van der Waals surface area contributed by atoms with E-state index in [1.807, 2.05) is 32.0 Å². The van der Waals surface area contributed by atoms with Gasteiger partial charge in [0.2, 0.25) is 11.0 Å². The summed E-state index contributed by atoms with van der Waals surface area (Å²) in [7, 11) is -1.22. The van der Waals surface area contributed by atoms with Gasteiger partial charge in [0.25, 0.3) is 6.47 Å². The summed E-state index contributed by atoms with van der Waals surface area (Å²) in [6.45, 7) is 4.14. The van der Waals surface area contributed by atoms with Crippen LogP contribution in [0.15, 0.2) is 18.2 Å². The number of carbonyl (C=O) groups excluding carboxylic acids is 1. The predicted octanol–water partition coefficient (Wildman–Crippen LogP) is 1.49. The highest BCUT2D eigenvalue weighted by atomic mass is 32.2. The van der Waals surface area contributed by atoms with Crippen LogP contribution in [-0.4, -0.2) is 72.1 Å². The molecule has 1 atom stereocenters. The average Bonchev–Trinajstić information content (AvgIpc) is 3.27. The number of nitrogens with one attached hydrogen (secondary N) is 1. The van der Waals surface area contributed by atoms with Crippen molar-refractivity contribution < 1.29 is 27.9 Å². The standard InChI is InChI=1S/C18H24N4O4S2.CH2O2/c1-12-4-5-15(13(2)8-12)26-10-17-20-21-18(27-17)19-16(23)9-22(3)14-6-7-28(24,25)11-14;2-1-3/h4-5,8,14H,6-7,9-11H2,1-3H3,(H,19,21,23);1H,(H,2,3). The number of hydrogen-bond acceptors (Lipinski definition) is 9. The number of likely N-dealkylation sites (N-methyl/N-ethyl adjacent to an activating group) is 1. The molecule has 0 aliphatic carbocycles. The summed E-state index contributed by atoms with van der Waals surface area (Å²) >= 11 is 1.25. The van der Waals surface area contributed by atoms with Crippen molar-refractivity contribution >= 4 is 38.7 Å². The number of nitrogens with zero attached hydrogens (tertiary/aromatic N) is 3. The van der Waals surface area contributed by atoms with Gasteiger partial charge in [-0.25, -0.2) is 8.42 Å². The molecule has 2 aromatic rings. The summed E-state index contributed by atoms with van der Waals surface area (Å²) < 4.78 is 28.9. The predicted molar refractivity (Wildman–Crippen MR) is 117 cm³/mol. The second-order valence-corrected chi connectivity index (χ2v) is 10.5. The van der Waals surface area contributed by atoms with Crippen LogP contribution < -0.4 is 10.1 Å². The van der Waals surface area contributed by atoms with Crippen molar-refractivity contribution in [1.82, 2.24) is 15.1 Å². The van der Waals surface area contributed by atoms with Crippen molar-refractivity contribution in [3.05, 3.63) is 34.3 Å². The molecule has 1 aliphatic rings. The lowest BCUT2D eigenvalue weighted by Crippen LogP contribution is -2.38. The molecular formula is C19H26N4O6S2. The topological polar surface area (TPSA) is 139 Å².